The van der Waals surface area contributed by atoms with Crippen LogP contribution >= 0.6 is 11.6 Å². The van der Waals surface area contributed by atoms with E-state index in [0.717, 1.165) is 5.56 Å². The first-order chi connectivity index (χ1) is 10.4. The fraction of sp³-hybridized carbons (Fsp3) is 0.250. The maximum Gasteiger partial charge on any atom is 0.264 e. The van der Waals surface area contributed by atoms with Crippen molar-refractivity contribution in [3.05, 3.63) is 53.1 Å². The number of ether oxygens (including phenoxy) is 1. The highest BCUT2D eigenvalue weighted by Crippen LogP contribution is 2.28. The van der Waals surface area contributed by atoms with Crippen molar-refractivity contribution < 1.29 is 13.2 Å². The van der Waals surface area contributed by atoms with Gasteiger partial charge >= 0.3 is 0 Å². The Labute approximate surface area is 136 Å². The first kappa shape index (κ1) is 16.6. The molecule has 0 radical (unpaired) electrons. The van der Waals surface area contributed by atoms with Crippen LogP contribution in [0.25, 0.3) is 0 Å². The van der Waals surface area contributed by atoms with Crippen molar-refractivity contribution in [1.29, 1.82) is 0 Å². The van der Waals surface area contributed by atoms with Gasteiger partial charge < -0.3 is 4.74 Å². The molecule has 0 heterocycles. The summed E-state index contributed by atoms with van der Waals surface area (Å²) in [5, 5.41) is 0.577. The van der Waals surface area contributed by atoms with Gasteiger partial charge in [-0.25, -0.2) is 8.42 Å². The van der Waals surface area contributed by atoms with Gasteiger partial charge in [-0.1, -0.05) is 11.6 Å². The van der Waals surface area contributed by atoms with Crippen molar-refractivity contribution >= 4 is 27.3 Å². The molecule has 0 N–H and O–H groups in total. The molecule has 0 saturated heterocycles. The van der Waals surface area contributed by atoms with Crippen LogP contribution in [0.2, 0.25) is 5.02 Å². The molecule has 118 valence electrons. The van der Waals surface area contributed by atoms with Gasteiger partial charge in [0, 0.05) is 12.1 Å². The molecule has 0 amide bonds. The van der Waals surface area contributed by atoms with Crippen LogP contribution in [-0.4, -0.2) is 22.1 Å². The van der Waals surface area contributed by atoms with Gasteiger partial charge in [0.15, 0.2) is 0 Å². The summed E-state index contributed by atoms with van der Waals surface area (Å²) >= 11 is 5.92. The van der Waals surface area contributed by atoms with E-state index in [-0.39, 0.29) is 4.90 Å². The van der Waals surface area contributed by atoms with Crippen molar-refractivity contribution in [2.24, 2.45) is 0 Å². The van der Waals surface area contributed by atoms with Crippen molar-refractivity contribution in [2.75, 3.05) is 18.0 Å². The molecular weight excluding hydrogens is 322 g/mol. The highest BCUT2D eigenvalue weighted by molar-refractivity contribution is 7.92. The molecule has 0 aliphatic rings. The van der Waals surface area contributed by atoms with Crippen LogP contribution in [0.5, 0.6) is 5.75 Å². The molecule has 2 rings (SSSR count). The summed E-state index contributed by atoms with van der Waals surface area (Å²) in [7, 11) is -2.09. The monoisotopic (exact) mass is 339 g/mol. The van der Waals surface area contributed by atoms with E-state index in [1.807, 2.05) is 13.8 Å². The SMILES string of the molecule is CCOc1ccc(S(=O)(=O)N(C)c2ccc(Cl)cc2C)cc1. The predicted octanol–water partition coefficient (Wildman–Crippen LogP) is 3.87. The lowest BCUT2D eigenvalue weighted by Crippen LogP contribution is -2.27. The van der Waals surface area contributed by atoms with Gasteiger partial charge in [0.05, 0.1) is 17.2 Å². The molecule has 0 aliphatic heterocycles. The molecule has 0 atom stereocenters. The molecule has 0 fully saturated rings. The average molecular weight is 340 g/mol. The Morgan fingerprint density at radius 1 is 1.14 bits per heavy atom. The van der Waals surface area contributed by atoms with E-state index in [0.29, 0.717) is 23.1 Å². The molecule has 2 aromatic rings. The van der Waals surface area contributed by atoms with Crippen LogP contribution in [0.3, 0.4) is 0 Å². The number of hydrogen-bond donors (Lipinski definition) is 0. The fourth-order valence-corrected chi connectivity index (χ4v) is 3.62. The topological polar surface area (TPSA) is 46.6 Å². The molecule has 0 spiro atoms. The lowest BCUT2D eigenvalue weighted by molar-refractivity contribution is 0.340. The van der Waals surface area contributed by atoms with E-state index in [2.05, 4.69) is 0 Å². The summed E-state index contributed by atoms with van der Waals surface area (Å²) < 4.78 is 32.0. The normalized spacial score (nSPS) is 11.3. The second-order valence-electron chi connectivity index (χ2n) is 4.81. The Balaban J connectivity index is 2.36. The Morgan fingerprint density at radius 2 is 1.77 bits per heavy atom. The fourth-order valence-electron chi connectivity index (χ4n) is 2.13. The molecule has 0 aromatic heterocycles. The van der Waals surface area contributed by atoms with Crippen LogP contribution in [-0.2, 0) is 10.0 Å². The average Bonchev–Trinajstić information content (AvgIpc) is 2.47. The van der Waals surface area contributed by atoms with Gasteiger partial charge in [0.25, 0.3) is 10.0 Å². The molecule has 4 nitrogen and oxygen atoms in total. The number of nitrogens with zero attached hydrogens (tertiary/aromatic N) is 1. The van der Waals surface area contributed by atoms with Crippen LogP contribution in [0.1, 0.15) is 12.5 Å². The standard InChI is InChI=1S/C16H18ClNO3S/c1-4-21-14-6-8-15(9-7-14)22(19,20)18(3)16-10-5-13(17)11-12(16)2/h5-11H,4H2,1-3H3. The summed E-state index contributed by atoms with van der Waals surface area (Å²) in [6.45, 7) is 4.24. The summed E-state index contributed by atoms with van der Waals surface area (Å²) in [6.07, 6.45) is 0. The Morgan fingerprint density at radius 3 is 2.32 bits per heavy atom. The van der Waals surface area contributed by atoms with E-state index in [1.165, 1.54) is 11.4 Å². The zero-order valence-corrected chi connectivity index (χ0v) is 14.3. The molecule has 0 aliphatic carbocycles. The first-order valence-corrected chi connectivity index (χ1v) is 8.66. The van der Waals surface area contributed by atoms with Gasteiger partial charge in [-0.3, -0.25) is 4.31 Å². The third-order valence-electron chi connectivity index (χ3n) is 3.29. The summed E-state index contributed by atoms with van der Waals surface area (Å²) in [5.41, 5.74) is 1.39. The highest BCUT2D eigenvalue weighted by Gasteiger charge is 2.22. The first-order valence-electron chi connectivity index (χ1n) is 6.84. The Kier molecular flexibility index (Phi) is 4.98. The predicted molar refractivity (Wildman–Crippen MR) is 89.4 cm³/mol. The highest BCUT2D eigenvalue weighted by atomic mass is 35.5. The molecule has 22 heavy (non-hydrogen) atoms. The number of anilines is 1. The van der Waals surface area contributed by atoms with Crippen LogP contribution in [0, 0.1) is 6.92 Å². The van der Waals surface area contributed by atoms with Gasteiger partial charge in [-0.2, -0.15) is 0 Å². The van der Waals surface area contributed by atoms with Gasteiger partial charge in [-0.15, -0.1) is 0 Å². The lowest BCUT2D eigenvalue weighted by Gasteiger charge is -2.21. The summed E-state index contributed by atoms with van der Waals surface area (Å²) in [4.78, 5) is 0.216. The quantitative estimate of drug-likeness (QED) is 0.830. The number of benzene rings is 2. The number of sulfonamides is 1. The smallest absolute Gasteiger partial charge is 0.264 e. The van der Waals surface area contributed by atoms with Crippen molar-refractivity contribution in [3.63, 3.8) is 0 Å². The molecular formula is C16H18ClNO3S. The zero-order chi connectivity index (χ0) is 16.3. The number of halogens is 1. The lowest BCUT2D eigenvalue weighted by atomic mass is 10.2. The minimum atomic E-state index is -3.62. The molecule has 0 saturated carbocycles. The van der Waals surface area contributed by atoms with E-state index in [9.17, 15) is 8.42 Å². The van der Waals surface area contributed by atoms with Crippen LogP contribution in [0.15, 0.2) is 47.4 Å². The largest absolute Gasteiger partial charge is 0.494 e. The third kappa shape index (κ3) is 3.36. The van der Waals surface area contributed by atoms with E-state index in [1.54, 1.807) is 42.5 Å². The Bertz CT molecular complexity index is 757. The molecule has 2 aromatic carbocycles. The minimum Gasteiger partial charge on any atom is -0.494 e. The number of hydrogen-bond acceptors (Lipinski definition) is 3. The van der Waals surface area contributed by atoms with E-state index in [4.69, 9.17) is 16.3 Å². The maximum absolute atomic E-state index is 12.7. The van der Waals surface area contributed by atoms with Gasteiger partial charge in [0.1, 0.15) is 5.75 Å². The van der Waals surface area contributed by atoms with E-state index < -0.39 is 10.0 Å². The summed E-state index contributed by atoms with van der Waals surface area (Å²) in [5.74, 6) is 0.645. The zero-order valence-electron chi connectivity index (χ0n) is 12.7. The van der Waals surface area contributed by atoms with Gasteiger partial charge in [-0.05, 0) is 61.9 Å². The second kappa shape index (κ2) is 6.58. The molecule has 6 heteroatoms. The number of aryl methyl sites for hydroxylation is 1. The molecule has 0 bridgehead atoms. The summed E-state index contributed by atoms with van der Waals surface area (Å²) in [6, 6.07) is 11.5. The van der Waals surface area contributed by atoms with E-state index >= 15 is 0 Å². The van der Waals surface area contributed by atoms with Crippen molar-refractivity contribution in [2.45, 2.75) is 18.7 Å². The maximum atomic E-state index is 12.7. The van der Waals surface area contributed by atoms with Crippen LogP contribution < -0.4 is 9.04 Å². The minimum absolute atomic E-state index is 0.216. The van der Waals surface area contributed by atoms with Gasteiger partial charge in [0.2, 0.25) is 0 Å². The Hall–Kier alpha value is -1.72. The number of rotatable bonds is 5. The van der Waals surface area contributed by atoms with Crippen LogP contribution in [0.4, 0.5) is 5.69 Å². The second-order valence-corrected chi connectivity index (χ2v) is 7.21. The van der Waals surface area contributed by atoms with Crippen molar-refractivity contribution in [3.8, 4) is 5.75 Å². The molecule has 0 unspecified atom stereocenters. The third-order valence-corrected chi connectivity index (χ3v) is 5.31. The van der Waals surface area contributed by atoms with Crippen molar-refractivity contribution in [1.82, 2.24) is 0 Å².